The summed E-state index contributed by atoms with van der Waals surface area (Å²) in [5, 5.41) is 4.53. The standard InChI is InChI=1S/C17H17N3S/c1-12(13-8-4-2-5-9-13)19-17-15(16(18)20-21-17)14-10-6-3-7-11-14/h2-12,19H,1H3,(H2,18,20). The van der Waals surface area contributed by atoms with E-state index in [0.29, 0.717) is 5.82 Å². The summed E-state index contributed by atoms with van der Waals surface area (Å²) in [5.74, 6) is 0.578. The number of nitrogen functional groups attached to an aromatic ring is 1. The second-order valence-corrected chi connectivity index (χ2v) is 5.69. The number of hydrogen-bond donors (Lipinski definition) is 2. The van der Waals surface area contributed by atoms with Crippen molar-refractivity contribution in [2.24, 2.45) is 0 Å². The van der Waals surface area contributed by atoms with E-state index in [9.17, 15) is 0 Å². The summed E-state index contributed by atoms with van der Waals surface area (Å²) >= 11 is 1.41. The molecule has 21 heavy (non-hydrogen) atoms. The van der Waals surface area contributed by atoms with Gasteiger partial charge in [-0.25, -0.2) is 0 Å². The summed E-state index contributed by atoms with van der Waals surface area (Å²) in [5.41, 5.74) is 9.37. The molecule has 0 bridgehead atoms. The molecule has 3 aromatic rings. The molecule has 0 radical (unpaired) electrons. The highest BCUT2D eigenvalue weighted by Crippen LogP contribution is 2.38. The van der Waals surface area contributed by atoms with Gasteiger partial charge in [0.1, 0.15) is 10.8 Å². The highest BCUT2D eigenvalue weighted by Gasteiger charge is 2.15. The van der Waals surface area contributed by atoms with Crippen LogP contribution in [0.25, 0.3) is 11.1 Å². The van der Waals surface area contributed by atoms with E-state index in [4.69, 9.17) is 5.73 Å². The van der Waals surface area contributed by atoms with Crippen LogP contribution >= 0.6 is 11.5 Å². The molecule has 0 amide bonds. The maximum absolute atomic E-state index is 6.05. The van der Waals surface area contributed by atoms with Crippen molar-refractivity contribution in [3.63, 3.8) is 0 Å². The number of aromatic nitrogens is 1. The molecule has 0 aliphatic rings. The second-order valence-electron chi connectivity index (χ2n) is 4.91. The first kappa shape index (κ1) is 13.6. The molecule has 4 heteroatoms. The van der Waals surface area contributed by atoms with Crippen LogP contribution in [0.1, 0.15) is 18.5 Å². The van der Waals surface area contributed by atoms with Crippen LogP contribution in [0.5, 0.6) is 0 Å². The molecule has 1 aromatic heterocycles. The van der Waals surface area contributed by atoms with E-state index in [1.165, 1.54) is 17.1 Å². The highest BCUT2D eigenvalue weighted by molar-refractivity contribution is 7.11. The fraction of sp³-hybridized carbons (Fsp3) is 0.118. The molecule has 0 saturated carbocycles. The zero-order valence-electron chi connectivity index (χ0n) is 11.8. The summed E-state index contributed by atoms with van der Waals surface area (Å²) in [4.78, 5) is 0. The first-order valence-corrected chi connectivity index (χ1v) is 7.65. The maximum atomic E-state index is 6.05. The van der Waals surface area contributed by atoms with E-state index in [-0.39, 0.29) is 6.04 Å². The van der Waals surface area contributed by atoms with Gasteiger partial charge in [-0.05, 0) is 29.6 Å². The normalized spacial score (nSPS) is 12.0. The van der Waals surface area contributed by atoms with Crippen molar-refractivity contribution in [3.05, 3.63) is 66.2 Å². The molecule has 1 unspecified atom stereocenters. The van der Waals surface area contributed by atoms with Gasteiger partial charge in [0.15, 0.2) is 0 Å². The molecule has 106 valence electrons. The van der Waals surface area contributed by atoms with Crippen molar-refractivity contribution < 1.29 is 0 Å². The third kappa shape index (κ3) is 2.90. The molecule has 0 spiro atoms. The van der Waals surface area contributed by atoms with Gasteiger partial charge in [0.05, 0.1) is 5.56 Å². The molecule has 3 nitrogen and oxygen atoms in total. The summed E-state index contributed by atoms with van der Waals surface area (Å²) in [7, 11) is 0. The van der Waals surface area contributed by atoms with Gasteiger partial charge in [-0.2, -0.15) is 4.37 Å². The van der Waals surface area contributed by atoms with E-state index in [1.54, 1.807) is 0 Å². The Labute approximate surface area is 128 Å². The number of nitrogens with one attached hydrogen (secondary N) is 1. The molecule has 0 aliphatic heterocycles. The van der Waals surface area contributed by atoms with Gasteiger partial charge in [0.25, 0.3) is 0 Å². The molecular formula is C17H17N3S. The first-order valence-electron chi connectivity index (χ1n) is 6.88. The smallest absolute Gasteiger partial charge is 0.147 e. The summed E-state index contributed by atoms with van der Waals surface area (Å²) in [6, 6.07) is 20.7. The van der Waals surface area contributed by atoms with Crippen LogP contribution in [0.4, 0.5) is 10.8 Å². The fourth-order valence-electron chi connectivity index (χ4n) is 2.31. The van der Waals surface area contributed by atoms with Gasteiger partial charge in [-0.3, -0.25) is 0 Å². The van der Waals surface area contributed by atoms with Gasteiger partial charge < -0.3 is 11.1 Å². The third-order valence-corrected chi connectivity index (χ3v) is 4.22. The van der Waals surface area contributed by atoms with E-state index in [0.717, 1.165) is 16.1 Å². The van der Waals surface area contributed by atoms with E-state index in [2.05, 4.69) is 40.9 Å². The number of nitrogens with two attached hydrogens (primary N) is 1. The molecule has 0 fully saturated rings. The average molecular weight is 295 g/mol. The summed E-state index contributed by atoms with van der Waals surface area (Å²) in [6.45, 7) is 2.14. The molecule has 3 N–H and O–H groups in total. The number of hydrogen-bond acceptors (Lipinski definition) is 4. The lowest BCUT2D eigenvalue weighted by molar-refractivity contribution is 0.890. The van der Waals surface area contributed by atoms with Crippen LogP contribution in [-0.4, -0.2) is 4.37 Å². The van der Waals surface area contributed by atoms with Crippen molar-refractivity contribution in [2.75, 3.05) is 11.1 Å². The maximum Gasteiger partial charge on any atom is 0.147 e. The Kier molecular flexibility index (Phi) is 3.88. The van der Waals surface area contributed by atoms with Gasteiger partial charge in [-0.15, -0.1) is 0 Å². The monoisotopic (exact) mass is 295 g/mol. The topological polar surface area (TPSA) is 50.9 Å². The van der Waals surface area contributed by atoms with Crippen LogP contribution in [-0.2, 0) is 0 Å². The Morgan fingerprint density at radius 3 is 2.29 bits per heavy atom. The number of rotatable bonds is 4. The van der Waals surface area contributed by atoms with Crippen LogP contribution in [0.2, 0.25) is 0 Å². The second kappa shape index (κ2) is 5.97. The SMILES string of the molecule is CC(Nc1snc(N)c1-c1ccccc1)c1ccccc1. The summed E-state index contributed by atoms with van der Waals surface area (Å²) in [6.07, 6.45) is 0. The predicted octanol–water partition coefficient (Wildman–Crippen LogP) is 4.57. The molecule has 3 rings (SSSR count). The lowest BCUT2D eigenvalue weighted by atomic mass is 10.1. The van der Waals surface area contributed by atoms with Crippen molar-refractivity contribution in [1.82, 2.24) is 4.37 Å². The number of nitrogens with zero attached hydrogens (tertiary/aromatic N) is 1. The molecule has 1 atom stereocenters. The Morgan fingerprint density at radius 1 is 1.00 bits per heavy atom. The zero-order valence-corrected chi connectivity index (χ0v) is 12.6. The van der Waals surface area contributed by atoms with Crippen LogP contribution in [0, 0.1) is 0 Å². The fourth-order valence-corrected chi connectivity index (χ4v) is 3.13. The van der Waals surface area contributed by atoms with Gasteiger partial charge in [0.2, 0.25) is 0 Å². The Hall–Kier alpha value is -2.33. The zero-order chi connectivity index (χ0) is 14.7. The minimum Gasteiger partial charge on any atom is -0.382 e. The van der Waals surface area contributed by atoms with Gasteiger partial charge in [0, 0.05) is 6.04 Å². The van der Waals surface area contributed by atoms with Crippen molar-refractivity contribution in [1.29, 1.82) is 0 Å². The predicted molar refractivity (Wildman–Crippen MR) is 90.4 cm³/mol. The first-order chi connectivity index (χ1) is 10.3. The van der Waals surface area contributed by atoms with Crippen molar-refractivity contribution in [2.45, 2.75) is 13.0 Å². The summed E-state index contributed by atoms with van der Waals surface area (Å²) < 4.78 is 4.30. The Balaban J connectivity index is 1.91. The molecule has 1 heterocycles. The van der Waals surface area contributed by atoms with Gasteiger partial charge in [-0.1, -0.05) is 60.7 Å². The number of benzene rings is 2. The largest absolute Gasteiger partial charge is 0.382 e. The minimum absolute atomic E-state index is 0.202. The van der Waals surface area contributed by atoms with Crippen LogP contribution in [0.15, 0.2) is 60.7 Å². The Morgan fingerprint density at radius 2 is 1.62 bits per heavy atom. The minimum atomic E-state index is 0.202. The quantitative estimate of drug-likeness (QED) is 0.741. The van der Waals surface area contributed by atoms with Crippen LogP contribution < -0.4 is 11.1 Å². The molecule has 2 aromatic carbocycles. The lowest BCUT2D eigenvalue weighted by Crippen LogP contribution is -2.06. The van der Waals surface area contributed by atoms with Gasteiger partial charge >= 0.3 is 0 Å². The van der Waals surface area contributed by atoms with Crippen molar-refractivity contribution >= 4 is 22.4 Å². The van der Waals surface area contributed by atoms with E-state index in [1.807, 2.05) is 36.4 Å². The van der Waals surface area contributed by atoms with E-state index >= 15 is 0 Å². The third-order valence-electron chi connectivity index (χ3n) is 3.43. The van der Waals surface area contributed by atoms with E-state index < -0.39 is 0 Å². The average Bonchev–Trinajstić information content (AvgIpc) is 2.89. The molecular weight excluding hydrogens is 278 g/mol. The molecule has 0 aliphatic carbocycles. The Bertz CT molecular complexity index is 707. The number of anilines is 2. The van der Waals surface area contributed by atoms with Crippen LogP contribution in [0.3, 0.4) is 0 Å². The van der Waals surface area contributed by atoms with Crippen molar-refractivity contribution in [3.8, 4) is 11.1 Å². The lowest BCUT2D eigenvalue weighted by Gasteiger charge is -2.15. The molecule has 0 saturated heterocycles. The highest BCUT2D eigenvalue weighted by atomic mass is 32.1.